The molecule has 0 atom stereocenters. The van der Waals surface area contributed by atoms with Gasteiger partial charge in [0.25, 0.3) is 0 Å². The Morgan fingerprint density at radius 3 is 3.00 bits per heavy atom. The third-order valence-corrected chi connectivity index (χ3v) is 2.27. The van der Waals surface area contributed by atoms with Crippen LogP contribution in [0.25, 0.3) is 0 Å². The van der Waals surface area contributed by atoms with Crippen molar-refractivity contribution in [3.8, 4) is 0 Å². The molecule has 1 aromatic rings. The maximum Gasteiger partial charge on any atom is 0.147 e. The van der Waals surface area contributed by atoms with Crippen LogP contribution in [0.5, 0.6) is 0 Å². The Bertz CT molecular complexity index is 343. The highest BCUT2D eigenvalue weighted by molar-refractivity contribution is 5.37. The maximum absolute atomic E-state index is 5.08. The molecule has 1 N–H and O–H groups in total. The molecule has 0 spiro atoms. The van der Waals surface area contributed by atoms with Crippen LogP contribution in [0.15, 0.2) is 25.0 Å². The van der Waals surface area contributed by atoms with Crippen LogP contribution in [0, 0.1) is 0 Å². The maximum atomic E-state index is 5.08. The van der Waals surface area contributed by atoms with Crippen LogP contribution in [0.2, 0.25) is 0 Å². The topological polar surface area (TPSA) is 50.3 Å². The molecular weight excluding hydrogens is 216 g/mol. The number of aromatic nitrogens is 2. The Balaban J connectivity index is 2.76. The molecule has 0 aromatic carbocycles. The van der Waals surface area contributed by atoms with Crippen molar-refractivity contribution in [2.75, 3.05) is 38.8 Å². The predicted molar refractivity (Wildman–Crippen MR) is 69.1 cm³/mol. The van der Waals surface area contributed by atoms with Crippen molar-refractivity contribution in [2.45, 2.75) is 6.54 Å². The lowest BCUT2D eigenvalue weighted by atomic mass is 10.4. The standard InChI is InChI=1S/C12H20N4O/c1-4-5-16(6-7-17-3)12-10-14-9-11(15-12)8-13-2/h4,9-10,13H,1,5-8H2,2-3H3. The fourth-order valence-corrected chi connectivity index (χ4v) is 1.47. The van der Waals surface area contributed by atoms with Crippen molar-refractivity contribution in [2.24, 2.45) is 0 Å². The minimum Gasteiger partial charge on any atom is -0.383 e. The van der Waals surface area contributed by atoms with Crippen molar-refractivity contribution < 1.29 is 4.74 Å². The van der Waals surface area contributed by atoms with Crippen LogP contribution < -0.4 is 10.2 Å². The van der Waals surface area contributed by atoms with Crippen LogP contribution in [0.1, 0.15) is 5.69 Å². The second-order valence-corrected chi connectivity index (χ2v) is 3.63. The lowest BCUT2D eigenvalue weighted by molar-refractivity contribution is 0.205. The molecule has 0 amide bonds. The molecule has 0 aliphatic rings. The Morgan fingerprint density at radius 2 is 2.35 bits per heavy atom. The Morgan fingerprint density at radius 1 is 1.53 bits per heavy atom. The van der Waals surface area contributed by atoms with Crippen molar-refractivity contribution in [3.63, 3.8) is 0 Å². The highest BCUT2D eigenvalue weighted by Gasteiger charge is 2.07. The first kappa shape index (κ1) is 13.6. The third-order valence-electron chi connectivity index (χ3n) is 2.27. The van der Waals surface area contributed by atoms with Crippen molar-refractivity contribution in [1.29, 1.82) is 0 Å². The van der Waals surface area contributed by atoms with E-state index in [1.807, 2.05) is 13.1 Å². The molecule has 0 radical (unpaired) electrons. The van der Waals surface area contributed by atoms with Gasteiger partial charge in [-0.3, -0.25) is 4.98 Å². The molecular formula is C12H20N4O. The molecule has 0 aliphatic carbocycles. The number of hydrogen-bond donors (Lipinski definition) is 1. The summed E-state index contributed by atoms with van der Waals surface area (Å²) in [4.78, 5) is 10.8. The number of nitrogens with one attached hydrogen (secondary N) is 1. The van der Waals surface area contributed by atoms with E-state index in [-0.39, 0.29) is 0 Å². The summed E-state index contributed by atoms with van der Waals surface area (Å²) in [5, 5.41) is 3.06. The van der Waals surface area contributed by atoms with Crippen molar-refractivity contribution in [1.82, 2.24) is 15.3 Å². The SMILES string of the molecule is C=CCN(CCOC)c1cncc(CNC)n1. The molecule has 0 aliphatic heterocycles. The summed E-state index contributed by atoms with van der Waals surface area (Å²) in [5.74, 6) is 0.856. The zero-order valence-electron chi connectivity index (χ0n) is 10.5. The van der Waals surface area contributed by atoms with Crippen LogP contribution in [-0.2, 0) is 11.3 Å². The molecule has 1 heterocycles. The summed E-state index contributed by atoms with van der Waals surface area (Å²) in [6.07, 6.45) is 5.38. The van der Waals surface area contributed by atoms with E-state index in [0.717, 1.165) is 24.6 Å². The van der Waals surface area contributed by atoms with Gasteiger partial charge in [0, 0.05) is 32.9 Å². The number of methoxy groups -OCH3 is 1. The average molecular weight is 236 g/mol. The summed E-state index contributed by atoms with van der Waals surface area (Å²) in [7, 11) is 3.58. The van der Waals surface area contributed by atoms with Crippen molar-refractivity contribution >= 4 is 5.82 Å². The minimum atomic E-state index is 0.659. The first-order valence-corrected chi connectivity index (χ1v) is 5.62. The van der Waals surface area contributed by atoms with Gasteiger partial charge in [-0.2, -0.15) is 0 Å². The van der Waals surface area contributed by atoms with E-state index in [2.05, 4.69) is 26.8 Å². The number of nitrogens with zero attached hydrogens (tertiary/aromatic N) is 3. The first-order valence-electron chi connectivity index (χ1n) is 5.62. The van der Waals surface area contributed by atoms with E-state index in [1.54, 1.807) is 19.5 Å². The van der Waals surface area contributed by atoms with Crippen LogP contribution in [0.3, 0.4) is 0 Å². The van der Waals surface area contributed by atoms with E-state index in [0.29, 0.717) is 13.2 Å². The smallest absolute Gasteiger partial charge is 0.147 e. The highest BCUT2D eigenvalue weighted by atomic mass is 16.5. The van der Waals surface area contributed by atoms with Gasteiger partial charge in [0.05, 0.1) is 18.5 Å². The fourth-order valence-electron chi connectivity index (χ4n) is 1.47. The molecule has 5 heteroatoms. The molecule has 0 unspecified atom stereocenters. The molecule has 0 saturated heterocycles. The monoisotopic (exact) mass is 236 g/mol. The van der Waals surface area contributed by atoms with Gasteiger partial charge in [-0.05, 0) is 7.05 Å². The van der Waals surface area contributed by atoms with Gasteiger partial charge in [0.15, 0.2) is 0 Å². The fraction of sp³-hybridized carbons (Fsp3) is 0.500. The van der Waals surface area contributed by atoms with Gasteiger partial charge >= 0.3 is 0 Å². The van der Waals surface area contributed by atoms with Gasteiger partial charge in [-0.1, -0.05) is 6.08 Å². The second-order valence-electron chi connectivity index (χ2n) is 3.63. The molecule has 0 saturated carbocycles. The molecule has 17 heavy (non-hydrogen) atoms. The summed E-state index contributed by atoms with van der Waals surface area (Å²) < 4.78 is 5.08. The van der Waals surface area contributed by atoms with Crippen molar-refractivity contribution in [3.05, 3.63) is 30.7 Å². The van der Waals surface area contributed by atoms with Crippen LogP contribution in [-0.4, -0.2) is 43.8 Å². The van der Waals surface area contributed by atoms with E-state index in [1.165, 1.54) is 0 Å². The number of anilines is 1. The largest absolute Gasteiger partial charge is 0.383 e. The van der Waals surface area contributed by atoms with Gasteiger partial charge in [-0.15, -0.1) is 6.58 Å². The van der Waals surface area contributed by atoms with E-state index >= 15 is 0 Å². The average Bonchev–Trinajstić information content (AvgIpc) is 2.35. The van der Waals surface area contributed by atoms with Crippen LogP contribution >= 0.6 is 0 Å². The number of rotatable bonds is 8. The predicted octanol–water partition coefficient (Wildman–Crippen LogP) is 0.835. The zero-order valence-corrected chi connectivity index (χ0v) is 10.5. The van der Waals surface area contributed by atoms with Gasteiger partial charge in [-0.25, -0.2) is 4.98 Å². The molecule has 1 rings (SSSR count). The van der Waals surface area contributed by atoms with E-state index < -0.39 is 0 Å². The number of hydrogen-bond acceptors (Lipinski definition) is 5. The lowest BCUT2D eigenvalue weighted by Crippen LogP contribution is -2.28. The lowest BCUT2D eigenvalue weighted by Gasteiger charge is -2.21. The zero-order chi connectivity index (χ0) is 12.5. The molecule has 1 aromatic heterocycles. The van der Waals surface area contributed by atoms with Crippen LogP contribution in [0.4, 0.5) is 5.82 Å². The third kappa shape index (κ3) is 4.50. The Labute approximate surface area is 103 Å². The summed E-state index contributed by atoms with van der Waals surface area (Å²) in [5.41, 5.74) is 0.927. The molecule has 0 fully saturated rings. The quantitative estimate of drug-likeness (QED) is 0.678. The Kier molecular flexibility index (Phi) is 6.21. The van der Waals surface area contributed by atoms with E-state index in [9.17, 15) is 0 Å². The second kappa shape index (κ2) is 7.76. The number of ether oxygens (including phenoxy) is 1. The first-order chi connectivity index (χ1) is 8.31. The Hall–Kier alpha value is -1.46. The minimum absolute atomic E-state index is 0.659. The highest BCUT2D eigenvalue weighted by Crippen LogP contribution is 2.09. The summed E-state index contributed by atoms with van der Waals surface area (Å²) in [6, 6.07) is 0. The van der Waals surface area contributed by atoms with Gasteiger partial charge in [0.2, 0.25) is 0 Å². The normalized spacial score (nSPS) is 10.2. The molecule has 94 valence electrons. The van der Waals surface area contributed by atoms with Gasteiger partial charge < -0.3 is 15.0 Å². The molecule has 0 bridgehead atoms. The molecule has 5 nitrogen and oxygen atoms in total. The van der Waals surface area contributed by atoms with E-state index in [4.69, 9.17) is 4.74 Å². The van der Waals surface area contributed by atoms with Gasteiger partial charge in [0.1, 0.15) is 5.82 Å². The summed E-state index contributed by atoms with van der Waals surface area (Å²) >= 11 is 0. The summed E-state index contributed by atoms with van der Waals surface area (Å²) in [6.45, 7) is 6.64.